The van der Waals surface area contributed by atoms with Gasteiger partial charge < -0.3 is 21.0 Å². The van der Waals surface area contributed by atoms with E-state index in [0.717, 1.165) is 6.42 Å². The van der Waals surface area contributed by atoms with Gasteiger partial charge in [-0.05, 0) is 12.8 Å². The second-order valence-electron chi connectivity index (χ2n) is 3.12. The molecule has 0 rings (SSSR count). The van der Waals surface area contributed by atoms with Gasteiger partial charge in [-0.1, -0.05) is 12.1 Å². The van der Waals surface area contributed by atoms with Crippen molar-refractivity contribution in [3.05, 3.63) is 0 Å². The lowest BCUT2D eigenvalue weighted by molar-refractivity contribution is -0.123. The van der Waals surface area contributed by atoms with Gasteiger partial charge in [0.1, 0.15) is 0 Å². The Balaban J connectivity index is 3.95. The molecule has 0 aliphatic heterocycles. The number of amides is 1. The molecule has 88 valence electrons. The molecule has 6 nitrogen and oxygen atoms in total. The van der Waals surface area contributed by atoms with Gasteiger partial charge in [0.05, 0.1) is 5.92 Å². The first-order valence-electron chi connectivity index (χ1n) is 4.91. The van der Waals surface area contributed by atoms with Crippen LogP contribution in [0.2, 0.25) is 0 Å². The topological polar surface area (TPSA) is 96.9 Å². The Morgan fingerprint density at radius 3 is 2.80 bits per heavy atom. The van der Waals surface area contributed by atoms with Crippen LogP contribution in [0.25, 0.3) is 0 Å². The maximum absolute atomic E-state index is 11.5. The fourth-order valence-corrected chi connectivity index (χ4v) is 1.15. The van der Waals surface area contributed by atoms with Crippen molar-refractivity contribution in [2.75, 3.05) is 20.3 Å². The number of oxime groups is 1. The summed E-state index contributed by atoms with van der Waals surface area (Å²) in [5, 5.41) is 14.0. The van der Waals surface area contributed by atoms with Crippen LogP contribution in [-0.4, -0.2) is 37.2 Å². The molecule has 0 spiro atoms. The summed E-state index contributed by atoms with van der Waals surface area (Å²) < 4.78 is 4.84. The quantitative estimate of drug-likeness (QED) is 0.182. The lowest BCUT2D eigenvalue weighted by Crippen LogP contribution is -2.39. The normalized spacial score (nSPS) is 13.6. The van der Waals surface area contributed by atoms with E-state index in [4.69, 9.17) is 15.7 Å². The van der Waals surface area contributed by atoms with Crippen LogP contribution in [0.3, 0.4) is 0 Å². The van der Waals surface area contributed by atoms with Crippen molar-refractivity contribution in [2.24, 2.45) is 16.8 Å². The predicted octanol–water partition coefficient (Wildman–Crippen LogP) is -0.0883. The first-order valence-corrected chi connectivity index (χ1v) is 4.91. The van der Waals surface area contributed by atoms with Gasteiger partial charge in [-0.3, -0.25) is 4.79 Å². The van der Waals surface area contributed by atoms with E-state index < -0.39 is 5.92 Å². The van der Waals surface area contributed by atoms with Crippen molar-refractivity contribution in [3.8, 4) is 0 Å². The monoisotopic (exact) mass is 217 g/mol. The number of methoxy groups -OCH3 is 1. The van der Waals surface area contributed by atoms with Gasteiger partial charge in [-0.25, -0.2) is 0 Å². The highest BCUT2D eigenvalue weighted by Crippen LogP contribution is 2.02. The molecule has 0 aliphatic carbocycles. The van der Waals surface area contributed by atoms with Crippen molar-refractivity contribution in [2.45, 2.75) is 19.8 Å². The molecule has 1 atom stereocenters. The van der Waals surface area contributed by atoms with E-state index in [-0.39, 0.29) is 11.7 Å². The van der Waals surface area contributed by atoms with Gasteiger partial charge in [0.15, 0.2) is 5.84 Å². The number of ether oxygens (including phenoxy) is 1. The zero-order chi connectivity index (χ0) is 11.7. The van der Waals surface area contributed by atoms with Gasteiger partial charge in [-0.15, -0.1) is 0 Å². The number of nitrogens with two attached hydrogens (primary N) is 1. The molecule has 1 amide bonds. The van der Waals surface area contributed by atoms with Crippen LogP contribution in [0, 0.1) is 5.92 Å². The summed E-state index contributed by atoms with van der Waals surface area (Å²) in [6.45, 7) is 2.93. The number of nitrogens with one attached hydrogen (secondary N) is 1. The molecule has 0 aromatic rings. The molecule has 0 radical (unpaired) electrons. The third kappa shape index (κ3) is 5.21. The summed E-state index contributed by atoms with van der Waals surface area (Å²) in [5.74, 6) is -0.830. The summed E-state index contributed by atoms with van der Waals surface area (Å²) in [6.07, 6.45) is 1.25. The number of nitrogens with zero attached hydrogens (tertiary/aromatic N) is 1. The molecule has 0 saturated carbocycles. The first-order chi connectivity index (χ1) is 7.17. The molecule has 0 aliphatic rings. The SMILES string of the molecule is CCC(C(=O)NCCCOC)C(N)=NO. The number of rotatable bonds is 7. The van der Waals surface area contributed by atoms with Crippen LogP contribution in [-0.2, 0) is 9.53 Å². The summed E-state index contributed by atoms with van der Waals surface area (Å²) in [5.41, 5.74) is 5.37. The van der Waals surface area contributed by atoms with E-state index in [9.17, 15) is 4.79 Å². The summed E-state index contributed by atoms with van der Waals surface area (Å²) in [6, 6.07) is 0. The second-order valence-corrected chi connectivity index (χ2v) is 3.12. The minimum absolute atomic E-state index is 0.0539. The smallest absolute Gasteiger partial charge is 0.230 e. The van der Waals surface area contributed by atoms with Crippen molar-refractivity contribution in [1.82, 2.24) is 5.32 Å². The number of carbonyl (C=O) groups is 1. The van der Waals surface area contributed by atoms with Gasteiger partial charge >= 0.3 is 0 Å². The van der Waals surface area contributed by atoms with Crippen molar-refractivity contribution in [1.29, 1.82) is 0 Å². The average molecular weight is 217 g/mol. The molecule has 0 saturated heterocycles. The maximum atomic E-state index is 11.5. The molecule has 1 unspecified atom stereocenters. The highest BCUT2D eigenvalue weighted by atomic mass is 16.5. The zero-order valence-electron chi connectivity index (χ0n) is 9.19. The summed E-state index contributed by atoms with van der Waals surface area (Å²) in [4.78, 5) is 11.5. The Morgan fingerprint density at radius 1 is 1.67 bits per heavy atom. The standard InChI is InChI=1S/C9H19N3O3/c1-3-7(8(10)12-14)9(13)11-5-4-6-15-2/h7,14H,3-6H2,1-2H3,(H2,10,12)(H,11,13). The van der Waals surface area contributed by atoms with E-state index >= 15 is 0 Å². The van der Waals surface area contributed by atoms with E-state index in [1.54, 1.807) is 14.0 Å². The van der Waals surface area contributed by atoms with Gasteiger partial charge in [0.2, 0.25) is 5.91 Å². The highest BCUT2D eigenvalue weighted by Gasteiger charge is 2.20. The van der Waals surface area contributed by atoms with Gasteiger partial charge in [-0.2, -0.15) is 0 Å². The number of hydrogen-bond donors (Lipinski definition) is 3. The minimum atomic E-state index is -0.558. The third-order valence-electron chi connectivity index (χ3n) is 2.02. The van der Waals surface area contributed by atoms with Crippen molar-refractivity contribution in [3.63, 3.8) is 0 Å². The Morgan fingerprint density at radius 2 is 2.33 bits per heavy atom. The van der Waals surface area contributed by atoms with Crippen LogP contribution < -0.4 is 11.1 Å². The molecular formula is C9H19N3O3. The molecule has 0 fully saturated rings. The van der Waals surface area contributed by atoms with Crippen LogP contribution in [0.5, 0.6) is 0 Å². The van der Waals surface area contributed by atoms with Crippen LogP contribution in [0.4, 0.5) is 0 Å². The fourth-order valence-electron chi connectivity index (χ4n) is 1.15. The summed E-state index contributed by atoms with van der Waals surface area (Å²) in [7, 11) is 1.60. The molecule has 15 heavy (non-hydrogen) atoms. The minimum Gasteiger partial charge on any atom is -0.409 e. The van der Waals surface area contributed by atoms with Crippen LogP contribution in [0.1, 0.15) is 19.8 Å². The van der Waals surface area contributed by atoms with E-state index in [1.165, 1.54) is 0 Å². The Bertz CT molecular complexity index is 219. The van der Waals surface area contributed by atoms with Crippen LogP contribution in [0.15, 0.2) is 5.16 Å². The van der Waals surface area contributed by atoms with Crippen LogP contribution >= 0.6 is 0 Å². The molecular weight excluding hydrogens is 198 g/mol. The van der Waals surface area contributed by atoms with Crippen molar-refractivity contribution < 1.29 is 14.7 Å². The summed E-state index contributed by atoms with van der Waals surface area (Å²) >= 11 is 0. The van der Waals surface area contributed by atoms with Crippen molar-refractivity contribution >= 4 is 11.7 Å². The lowest BCUT2D eigenvalue weighted by Gasteiger charge is -2.12. The zero-order valence-corrected chi connectivity index (χ0v) is 9.19. The molecule has 0 aromatic heterocycles. The fraction of sp³-hybridized carbons (Fsp3) is 0.778. The Hall–Kier alpha value is -1.30. The Labute approximate surface area is 89.5 Å². The second kappa shape index (κ2) is 8.05. The number of amidine groups is 1. The largest absolute Gasteiger partial charge is 0.409 e. The molecule has 0 aromatic carbocycles. The number of hydrogen-bond acceptors (Lipinski definition) is 4. The highest BCUT2D eigenvalue weighted by molar-refractivity contribution is 6.01. The average Bonchev–Trinajstić information content (AvgIpc) is 2.25. The number of carbonyl (C=O) groups excluding carboxylic acids is 1. The van der Waals surface area contributed by atoms with E-state index in [0.29, 0.717) is 19.6 Å². The third-order valence-corrected chi connectivity index (χ3v) is 2.02. The Kier molecular flexibility index (Phi) is 7.35. The maximum Gasteiger partial charge on any atom is 0.230 e. The predicted molar refractivity (Wildman–Crippen MR) is 56.7 cm³/mol. The lowest BCUT2D eigenvalue weighted by atomic mass is 10.0. The first kappa shape index (κ1) is 13.7. The van der Waals surface area contributed by atoms with E-state index in [2.05, 4.69) is 10.5 Å². The molecule has 0 bridgehead atoms. The molecule has 4 N–H and O–H groups in total. The molecule has 6 heteroatoms. The van der Waals surface area contributed by atoms with Gasteiger partial charge in [0.25, 0.3) is 0 Å². The van der Waals surface area contributed by atoms with E-state index in [1.807, 2.05) is 0 Å². The molecule has 0 heterocycles. The van der Waals surface area contributed by atoms with Gasteiger partial charge in [0, 0.05) is 20.3 Å².